The molecule has 0 unspecified atom stereocenters. The zero-order valence-corrected chi connectivity index (χ0v) is 10.5. The molecule has 0 aromatic carbocycles. The van der Waals surface area contributed by atoms with Crippen molar-refractivity contribution >= 4 is 11.4 Å². The number of hydrogen-bond donors (Lipinski definition) is 0. The van der Waals surface area contributed by atoms with Crippen molar-refractivity contribution in [2.75, 3.05) is 0 Å². The van der Waals surface area contributed by atoms with Gasteiger partial charge in [-0.15, -0.1) is 15.2 Å². The van der Waals surface area contributed by atoms with E-state index < -0.39 is 10.2 Å². The van der Waals surface area contributed by atoms with Crippen LogP contribution in [0.4, 0.5) is 0 Å². The summed E-state index contributed by atoms with van der Waals surface area (Å²) >= 11 is 0. The van der Waals surface area contributed by atoms with Crippen molar-refractivity contribution in [2.45, 2.75) is 6.92 Å². The molecule has 0 saturated heterocycles. The van der Waals surface area contributed by atoms with Gasteiger partial charge in [0.05, 0.1) is 12.4 Å². The maximum atomic E-state index is 8.49. The standard InChI is InChI=1S/C10H9N4.ClHO4/c1-8-5-6-11-10-13-7-3-2-4-9(13)12-14(8)10;2-1(3,4)5/h2-7H,1H3;(H,2,3,4,5)/q+1;/p-1. The third kappa shape index (κ3) is 3.34. The zero-order valence-electron chi connectivity index (χ0n) is 9.76. The number of halogens is 1. The van der Waals surface area contributed by atoms with Gasteiger partial charge >= 0.3 is 5.78 Å². The molecule has 0 aliphatic carbocycles. The molecular formula is C10H9ClN4O4. The van der Waals surface area contributed by atoms with Gasteiger partial charge in [-0.2, -0.15) is 4.40 Å². The summed E-state index contributed by atoms with van der Waals surface area (Å²) < 4.78 is 37.8. The predicted molar refractivity (Wildman–Crippen MR) is 50.9 cm³/mol. The van der Waals surface area contributed by atoms with Crippen molar-refractivity contribution in [3.05, 3.63) is 42.4 Å². The zero-order chi connectivity index (χ0) is 14.0. The van der Waals surface area contributed by atoms with E-state index in [1.807, 2.05) is 46.3 Å². The van der Waals surface area contributed by atoms with Gasteiger partial charge < -0.3 is 0 Å². The Morgan fingerprint density at radius 1 is 1.16 bits per heavy atom. The first-order chi connectivity index (χ1) is 8.86. The number of fused-ring (bicyclic) bond motifs is 3. The van der Waals surface area contributed by atoms with Crippen LogP contribution in [-0.2, 0) is 0 Å². The summed E-state index contributed by atoms with van der Waals surface area (Å²) in [5, 5.41) is 4.43. The van der Waals surface area contributed by atoms with Gasteiger partial charge in [0.1, 0.15) is 5.69 Å². The van der Waals surface area contributed by atoms with Crippen LogP contribution in [0.25, 0.3) is 11.4 Å². The summed E-state index contributed by atoms with van der Waals surface area (Å²) in [7, 11) is -4.94. The van der Waals surface area contributed by atoms with E-state index in [4.69, 9.17) is 18.6 Å². The Morgan fingerprint density at radius 2 is 1.84 bits per heavy atom. The molecule has 0 bridgehead atoms. The maximum absolute atomic E-state index is 8.49. The van der Waals surface area contributed by atoms with Crippen LogP contribution in [0.1, 0.15) is 5.69 Å². The smallest absolute Gasteiger partial charge is 0.222 e. The quantitative estimate of drug-likeness (QED) is 0.387. The molecule has 9 heteroatoms. The SMILES string of the molecule is Cc1ccnc2n1nc1cccc[n+]12.[O-][Cl+3]([O-])([O-])[O-]. The first-order valence-electron chi connectivity index (χ1n) is 5.09. The van der Waals surface area contributed by atoms with Crippen LogP contribution >= 0.6 is 0 Å². The molecule has 3 aromatic rings. The van der Waals surface area contributed by atoms with Gasteiger partial charge in [0.2, 0.25) is 0 Å². The van der Waals surface area contributed by atoms with Crippen molar-refractivity contribution in [2.24, 2.45) is 0 Å². The highest BCUT2D eigenvalue weighted by molar-refractivity contribution is 5.34. The minimum Gasteiger partial charge on any atom is -0.222 e. The summed E-state index contributed by atoms with van der Waals surface area (Å²) in [6.45, 7) is 2.02. The minimum absolute atomic E-state index is 0.848. The molecule has 8 nitrogen and oxygen atoms in total. The van der Waals surface area contributed by atoms with Crippen LogP contribution in [0.3, 0.4) is 0 Å². The highest BCUT2D eigenvalue weighted by atomic mass is 35.7. The second-order valence-corrected chi connectivity index (χ2v) is 4.36. The Kier molecular flexibility index (Phi) is 3.60. The molecule has 0 N–H and O–H groups in total. The molecule has 3 rings (SSSR count). The number of nitrogens with zero attached hydrogens (tertiary/aromatic N) is 4. The fourth-order valence-corrected chi connectivity index (χ4v) is 1.57. The van der Waals surface area contributed by atoms with Crippen molar-refractivity contribution in [1.82, 2.24) is 14.6 Å². The monoisotopic (exact) mass is 284 g/mol. The average Bonchev–Trinajstić information content (AvgIpc) is 2.67. The number of rotatable bonds is 0. The molecule has 0 amide bonds. The van der Waals surface area contributed by atoms with E-state index in [-0.39, 0.29) is 0 Å². The van der Waals surface area contributed by atoms with Crippen molar-refractivity contribution in [3.8, 4) is 0 Å². The van der Waals surface area contributed by atoms with Crippen LogP contribution < -0.4 is 23.0 Å². The van der Waals surface area contributed by atoms with Gasteiger partial charge in [0, 0.05) is 17.2 Å². The van der Waals surface area contributed by atoms with Crippen LogP contribution in [0.15, 0.2) is 36.7 Å². The topological polar surface area (TPSA) is 127 Å². The second-order valence-electron chi connectivity index (χ2n) is 3.60. The molecule has 0 radical (unpaired) electrons. The maximum Gasteiger partial charge on any atom is 0.391 e. The van der Waals surface area contributed by atoms with E-state index in [0.29, 0.717) is 0 Å². The third-order valence-corrected chi connectivity index (χ3v) is 2.29. The molecule has 3 aromatic heterocycles. The van der Waals surface area contributed by atoms with E-state index in [1.165, 1.54) is 0 Å². The molecule has 0 saturated carbocycles. The molecular weight excluding hydrogens is 276 g/mol. The van der Waals surface area contributed by atoms with Gasteiger partial charge in [0.25, 0.3) is 5.65 Å². The first-order valence-corrected chi connectivity index (χ1v) is 6.32. The Bertz CT molecular complexity index is 703. The third-order valence-electron chi connectivity index (χ3n) is 2.29. The normalized spacial score (nSPS) is 11.4. The number of aromatic nitrogens is 4. The Balaban J connectivity index is 0.000000232. The summed E-state index contributed by atoms with van der Waals surface area (Å²) in [4.78, 5) is 4.29. The highest BCUT2D eigenvalue weighted by Crippen LogP contribution is 2.00. The summed E-state index contributed by atoms with van der Waals surface area (Å²) in [6, 6.07) is 7.85. The summed E-state index contributed by atoms with van der Waals surface area (Å²) in [6.07, 6.45) is 3.76. The van der Waals surface area contributed by atoms with Crippen molar-refractivity contribution in [3.63, 3.8) is 0 Å². The molecule has 0 atom stereocenters. The molecule has 0 spiro atoms. The number of pyridine rings is 1. The van der Waals surface area contributed by atoms with E-state index in [1.54, 1.807) is 6.20 Å². The summed E-state index contributed by atoms with van der Waals surface area (Å²) in [5.41, 5.74) is 1.99. The highest BCUT2D eigenvalue weighted by Gasteiger charge is 2.13. The summed E-state index contributed by atoms with van der Waals surface area (Å²) in [5.74, 6) is 0.848. The Hall–Kier alpha value is -1.84. The molecule has 19 heavy (non-hydrogen) atoms. The lowest BCUT2D eigenvalue weighted by Gasteiger charge is -2.17. The van der Waals surface area contributed by atoms with Gasteiger partial charge in [-0.1, -0.05) is 10.6 Å². The van der Waals surface area contributed by atoms with Crippen LogP contribution in [0.2, 0.25) is 0 Å². The van der Waals surface area contributed by atoms with Gasteiger partial charge in [0.15, 0.2) is 0 Å². The number of aryl methyl sites for hydroxylation is 1. The van der Waals surface area contributed by atoms with Crippen LogP contribution in [0, 0.1) is 17.2 Å². The molecule has 3 heterocycles. The van der Waals surface area contributed by atoms with Crippen molar-refractivity contribution in [1.29, 1.82) is 0 Å². The Labute approximate surface area is 109 Å². The van der Waals surface area contributed by atoms with Gasteiger partial charge in [-0.05, 0) is 13.0 Å². The molecule has 100 valence electrons. The number of hydrogen-bond acceptors (Lipinski definition) is 6. The van der Waals surface area contributed by atoms with Gasteiger partial charge in [-0.3, -0.25) is 0 Å². The second kappa shape index (κ2) is 5.03. The Morgan fingerprint density at radius 3 is 2.53 bits per heavy atom. The van der Waals surface area contributed by atoms with Crippen LogP contribution in [0.5, 0.6) is 0 Å². The van der Waals surface area contributed by atoms with E-state index in [2.05, 4.69) is 10.1 Å². The van der Waals surface area contributed by atoms with E-state index in [0.717, 1.165) is 17.1 Å². The lowest BCUT2D eigenvalue weighted by atomic mass is 10.5. The lowest BCUT2D eigenvalue weighted by Crippen LogP contribution is -2.68. The average molecular weight is 285 g/mol. The van der Waals surface area contributed by atoms with Crippen LogP contribution in [-0.4, -0.2) is 14.6 Å². The molecule has 0 aliphatic rings. The van der Waals surface area contributed by atoms with E-state index in [9.17, 15) is 0 Å². The molecule has 0 aliphatic heterocycles. The van der Waals surface area contributed by atoms with Crippen molar-refractivity contribution < 1.29 is 33.3 Å². The van der Waals surface area contributed by atoms with Gasteiger partial charge in [-0.25, -0.2) is 18.6 Å². The fourth-order valence-electron chi connectivity index (χ4n) is 1.57. The lowest BCUT2D eigenvalue weighted by molar-refractivity contribution is -2.00. The fraction of sp³-hybridized carbons (Fsp3) is 0.100. The first kappa shape index (κ1) is 13.6. The predicted octanol–water partition coefficient (Wildman–Crippen LogP) is -3.98. The molecule has 0 fully saturated rings. The largest absolute Gasteiger partial charge is 0.391 e. The van der Waals surface area contributed by atoms with E-state index >= 15 is 0 Å². The minimum atomic E-state index is -4.94.